The van der Waals surface area contributed by atoms with Crippen LogP contribution in [0.2, 0.25) is 5.15 Å². The molecule has 78 valence electrons. The number of carbonyl (C=O) groups excluding carboxylic acids is 1. The van der Waals surface area contributed by atoms with Crippen molar-refractivity contribution in [3.05, 3.63) is 29.0 Å². The minimum Gasteiger partial charge on any atom is -0.465 e. The number of imidazole rings is 1. The molecule has 0 saturated carbocycles. The van der Waals surface area contributed by atoms with Crippen molar-refractivity contribution in [2.45, 2.75) is 0 Å². The Balaban J connectivity index is 2.65. The second kappa shape index (κ2) is 3.43. The minimum absolute atomic E-state index is 0.262. The molecule has 0 unspecified atom stereocenters. The van der Waals surface area contributed by atoms with E-state index >= 15 is 0 Å². The highest BCUT2D eigenvalue weighted by Crippen LogP contribution is 2.20. The molecule has 2 N–H and O–H groups in total. The molecule has 0 radical (unpaired) electrons. The maximum absolute atomic E-state index is 11.2. The van der Waals surface area contributed by atoms with E-state index in [0.29, 0.717) is 11.1 Å². The van der Waals surface area contributed by atoms with Gasteiger partial charge in [-0.2, -0.15) is 0 Å². The van der Waals surface area contributed by atoms with Gasteiger partial charge in [0, 0.05) is 6.20 Å². The van der Waals surface area contributed by atoms with Crippen molar-refractivity contribution in [3.63, 3.8) is 0 Å². The lowest BCUT2D eigenvalue weighted by Crippen LogP contribution is -2.02. The van der Waals surface area contributed by atoms with Crippen LogP contribution in [0.4, 0.5) is 5.95 Å². The number of nitrogens with two attached hydrogens (primary N) is 1. The predicted molar refractivity (Wildman–Crippen MR) is 56.0 cm³/mol. The van der Waals surface area contributed by atoms with Gasteiger partial charge in [-0.25, -0.2) is 9.78 Å². The number of esters is 1. The number of hydrogen-bond acceptors (Lipinski definition) is 4. The molecule has 2 heterocycles. The minimum atomic E-state index is -0.423. The third-order valence-corrected chi connectivity index (χ3v) is 2.33. The van der Waals surface area contributed by atoms with Gasteiger partial charge in [0.05, 0.1) is 18.2 Å². The molecular formula is C9H8ClN3O2. The van der Waals surface area contributed by atoms with E-state index in [0.717, 1.165) is 0 Å². The van der Waals surface area contributed by atoms with Crippen LogP contribution >= 0.6 is 11.6 Å². The van der Waals surface area contributed by atoms with E-state index in [1.165, 1.54) is 7.11 Å². The Morgan fingerprint density at radius 1 is 1.67 bits per heavy atom. The van der Waals surface area contributed by atoms with Gasteiger partial charge in [0.1, 0.15) is 0 Å². The molecule has 0 aliphatic rings. The van der Waals surface area contributed by atoms with E-state index in [1.54, 1.807) is 22.7 Å². The summed E-state index contributed by atoms with van der Waals surface area (Å²) in [6.07, 6.45) is 1.62. The first-order valence-corrected chi connectivity index (χ1v) is 4.52. The lowest BCUT2D eigenvalue weighted by Gasteiger charge is -2.00. The average Bonchev–Trinajstić information content (AvgIpc) is 2.53. The van der Waals surface area contributed by atoms with Crippen LogP contribution in [-0.2, 0) is 4.74 Å². The molecule has 0 amide bonds. The standard InChI is InChI=1S/C9H8ClN3O2/c1-15-8(14)5-2-3-13-6(4-5)7(10)12-9(13)11/h2-4H,1H3,(H2,11,12). The zero-order valence-corrected chi connectivity index (χ0v) is 8.65. The number of anilines is 1. The number of ether oxygens (including phenoxy) is 1. The smallest absolute Gasteiger partial charge is 0.337 e. The number of nitrogen functional groups attached to an aromatic ring is 1. The first kappa shape index (κ1) is 9.79. The van der Waals surface area contributed by atoms with Crippen molar-refractivity contribution in [2.75, 3.05) is 12.8 Å². The Kier molecular flexibility index (Phi) is 2.24. The number of pyridine rings is 1. The van der Waals surface area contributed by atoms with Crippen molar-refractivity contribution < 1.29 is 9.53 Å². The molecule has 0 aliphatic carbocycles. The van der Waals surface area contributed by atoms with Gasteiger partial charge in [0.25, 0.3) is 0 Å². The van der Waals surface area contributed by atoms with Crippen LogP contribution in [0.5, 0.6) is 0 Å². The Hall–Kier alpha value is -1.75. The van der Waals surface area contributed by atoms with E-state index in [-0.39, 0.29) is 11.1 Å². The van der Waals surface area contributed by atoms with Crippen LogP contribution in [-0.4, -0.2) is 22.5 Å². The van der Waals surface area contributed by atoms with Crippen molar-refractivity contribution in [1.82, 2.24) is 9.38 Å². The largest absolute Gasteiger partial charge is 0.465 e. The summed E-state index contributed by atoms with van der Waals surface area (Å²) < 4.78 is 6.18. The summed E-state index contributed by atoms with van der Waals surface area (Å²) >= 11 is 5.83. The number of nitrogens with zero attached hydrogens (tertiary/aromatic N) is 2. The molecule has 0 aromatic carbocycles. The molecule has 0 atom stereocenters. The molecule has 0 fully saturated rings. The summed E-state index contributed by atoms with van der Waals surface area (Å²) in [5.74, 6) is -0.139. The van der Waals surface area contributed by atoms with E-state index < -0.39 is 5.97 Å². The summed E-state index contributed by atoms with van der Waals surface area (Å²) in [4.78, 5) is 15.1. The fourth-order valence-corrected chi connectivity index (χ4v) is 1.55. The fraction of sp³-hybridized carbons (Fsp3) is 0.111. The van der Waals surface area contributed by atoms with Gasteiger partial charge >= 0.3 is 5.97 Å². The fourth-order valence-electron chi connectivity index (χ4n) is 1.32. The molecule has 2 rings (SSSR count). The Bertz CT molecular complexity index is 535. The number of rotatable bonds is 1. The molecule has 5 nitrogen and oxygen atoms in total. The van der Waals surface area contributed by atoms with Gasteiger partial charge in [-0.15, -0.1) is 0 Å². The number of methoxy groups -OCH3 is 1. The monoisotopic (exact) mass is 225 g/mol. The highest BCUT2D eigenvalue weighted by molar-refractivity contribution is 6.33. The number of fused-ring (bicyclic) bond motifs is 1. The summed E-state index contributed by atoms with van der Waals surface area (Å²) in [5, 5.41) is 0.262. The molecule has 0 aliphatic heterocycles. The third kappa shape index (κ3) is 1.50. The summed E-state index contributed by atoms with van der Waals surface area (Å²) in [7, 11) is 1.32. The summed E-state index contributed by atoms with van der Waals surface area (Å²) in [6, 6.07) is 3.17. The maximum Gasteiger partial charge on any atom is 0.337 e. The Morgan fingerprint density at radius 3 is 3.07 bits per heavy atom. The SMILES string of the molecule is COC(=O)c1ccn2c(N)nc(Cl)c2c1. The molecular weight excluding hydrogens is 218 g/mol. The van der Waals surface area contributed by atoms with Crippen molar-refractivity contribution in [3.8, 4) is 0 Å². The van der Waals surface area contributed by atoms with E-state index in [1.807, 2.05) is 0 Å². The van der Waals surface area contributed by atoms with Gasteiger partial charge in [-0.1, -0.05) is 11.6 Å². The zero-order chi connectivity index (χ0) is 11.0. The summed E-state index contributed by atoms with van der Waals surface area (Å²) in [6.45, 7) is 0. The van der Waals surface area contributed by atoms with Crippen molar-refractivity contribution >= 4 is 29.0 Å². The molecule has 0 saturated heterocycles. The zero-order valence-electron chi connectivity index (χ0n) is 7.90. The van der Waals surface area contributed by atoms with Crippen LogP contribution in [0.1, 0.15) is 10.4 Å². The van der Waals surface area contributed by atoms with Crippen LogP contribution in [0.3, 0.4) is 0 Å². The van der Waals surface area contributed by atoms with Crippen LogP contribution in [0.15, 0.2) is 18.3 Å². The Morgan fingerprint density at radius 2 is 2.40 bits per heavy atom. The van der Waals surface area contributed by atoms with Crippen LogP contribution in [0.25, 0.3) is 5.52 Å². The summed E-state index contributed by atoms with van der Waals surface area (Å²) in [5.41, 5.74) is 6.58. The average molecular weight is 226 g/mol. The molecule has 0 bridgehead atoms. The Labute approximate surface area is 90.4 Å². The number of hydrogen-bond donors (Lipinski definition) is 1. The van der Waals surface area contributed by atoms with Gasteiger partial charge < -0.3 is 10.5 Å². The first-order valence-electron chi connectivity index (χ1n) is 4.15. The lowest BCUT2D eigenvalue weighted by atomic mass is 10.2. The van der Waals surface area contributed by atoms with E-state index in [9.17, 15) is 4.79 Å². The second-order valence-corrected chi connectivity index (χ2v) is 3.28. The molecule has 6 heteroatoms. The van der Waals surface area contributed by atoms with Crippen molar-refractivity contribution in [1.29, 1.82) is 0 Å². The number of halogens is 1. The topological polar surface area (TPSA) is 69.6 Å². The van der Waals surface area contributed by atoms with E-state index in [2.05, 4.69) is 9.72 Å². The van der Waals surface area contributed by atoms with Crippen molar-refractivity contribution in [2.24, 2.45) is 0 Å². The molecule has 0 spiro atoms. The van der Waals surface area contributed by atoms with Gasteiger partial charge in [0.15, 0.2) is 5.15 Å². The highest BCUT2D eigenvalue weighted by Gasteiger charge is 2.11. The van der Waals surface area contributed by atoms with Crippen LogP contribution < -0.4 is 5.73 Å². The van der Waals surface area contributed by atoms with Gasteiger partial charge in [-0.05, 0) is 12.1 Å². The van der Waals surface area contributed by atoms with Gasteiger partial charge in [-0.3, -0.25) is 4.40 Å². The first-order chi connectivity index (χ1) is 7.13. The lowest BCUT2D eigenvalue weighted by molar-refractivity contribution is 0.0601. The molecule has 2 aromatic heterocycles. The molecule has 15 heavy (non-hydrogen) atoms. The number of carbonyl (C=O) groups is 1. The van der Waals surface area contributed by atoms with E-state index in [4.69, 9.17) is 17.3 Å². The van der Waals surface area contributed by atoms with Gasteiger partial charge in [0.2, 0.25) is 5.95 Å². The third-order valence-electron chi connectivity index (χ3n) is 2.05. The normalized spacial score (nSPS) is 10.5. The predicted octanol–water partition coefficient (Wildman–Crippen LogP) is 1.36. The maximum atomic E-state index is 11.2. The second-order valence-electron chi connectivity index (χ2n) is 2.92. The number of aromatic nitrogens is 2. The quantitative estimate of drug-likeness (QED) is 0.744. The molecule has 2 aromatic rings. The van der Waals surface area contributed by atoms with Crippen LogP contribution in [0, 0.1) is 0 Å². The highest BCUT2D eigenvalue weighted by atomic mass is 35.5.